The van der Waals surface area contributed by atoms with Gasteiger partial charge < -0.3 is 10.4 Å². The minimum atomic E-state index is -1.02. The highest BCUT2D eigenvalue weighted by Gasteiger charge is 2.42. The van der Waals surface area contributed by atoms with Crippen LogP contribution < -0.4 is 16.3 Å². The molecule has 1 aliphatic carbocycles. The lowest BCUT2D eigenvalue weighted by molar-refractivity contribution is -0.431. The largest absolute Gasteiger partial charge is 0.480 e. The van der Waals surface area contributed by atoms with Gasteiger partial charge in [0.1, 0.15) is 18.6 Å². The molecule has 92 valence electrons. The number of nitro groups is 1. The molecule has 9 nitrogen and oxygen atoms in total. The Balaban J connectivity index is 2.16. The summed E-state index contributed by atoms with van der Waals surface area (Å²) in [6.45, 7) is -0.266. The normalized spacial score (nSPS) is 26.8. The van der Waals surface area contributed by atoms with Crippen LogP contribution in [0.5, 0.6) is 0 Å². The molecule has 0 amide bonds. The van der Waals surface area contributed by atoms with Crippen molar-refractivity contribution in [2.24, 2.45) is 0 Å². The van der Waals surface area contributed by atoms with Gasteiger partial charge in [-0.05, 0) is 6.08 Å². The second-order valence-corrected chi connectivity index (χ2v) is 3.51. The monoisotopic (exact) mass is 242 g/mol. The van der Waals surface area contributed by atoms with Crippen LogP contribution in [0.25, 0.3) is 0 Å². The van der Waals surface area contributed by atoms with Gasteiger partial charge in [0.25, 0.3) is 5.70 Å². The molecule has 0 spiro atoms. The van der Waals surface area contributed by atoms with Crippen molar-refractivity contribution in [2.45, 2.75) is 12.1 Å². The van der Waals surface area contributed by atoms with Crippen LogP contribution in [-0.2, 0) is 9.73 Å². The van der Waals surface area contributed by atoms with Crippen LogP contribution in [0.2, 0.25) is 0 Å². The summed E-state index contributed by atoms with van der Waals surface area (Å²) in [7, 11) is 0. The van der Waals surface area contributed by atoms with Gasteiger partial charge in [0.05, 0.1) is 4.92 Å². The van der Waals surface area contributed by atoms with Crippen LogP contribution >= 0.6 is 0 Å². The molecule has 0 saturated carbocycles. The number of carbonyl (C=O) groups is 1. The number of fused-ring (bicyclic) bond motifs is 1. The lowest BCUT2D eigenvalue weighted by atomic mass is 9.98. The zero-order valence-corrected chi connectivity index (χ0v) is 8.54. The second kappa shape index (κ2) is 4.49. The van der Waals surface area contributed by atoms with E-state index < -0.39 is 23.0 Å². The number of nitrogens with zero attached hydrogens (tertiary/aromatic N) is 1. The Bertz CT molecular complexity index is 418. The molecule has 1 aliphatic heterocycles. The van der Waals surface area contributed by atoms with Crippen LogP contribution in [0.3, 0.4) is 0 Å². The third-order valence-corrected chi connectivity index (χ3v) is 2.45. The molecule has 1 saturated heterocycles. The zero-order valence-electron chi connectivity index (χ0n) is 8.54. The first-order valence-corrected chi connectivity index (χ1v) is 4.78. The fourth-order valence-corrected chi connectivity index (χ4v) is 1.67. The standard InChI is InChI=1S/C8H10N4O5/c13-6(14)3-9-4-1-2-5(12(15)16)8-7(4)10-17-11-8/h1-2,7-11H,3H2,(H,13,14). The molecule has 0 radical (unpaired) electrons. The van der Waals surface area contributed by atoms with Gasteiger partial charge >= 0.3 is 5.97 Å². The van der Waals surface area contributed by atoms with Gasteiger partial charge in [0.15, 0.2) is 0 Å². The second-order valence-electron chi connectivity index (χ2n) is 3.51. The van der Waals surface area contributed by atoms with Crippen LogP contribution in [0.4, 0.5) is 0 Å². The first kappa shape index (κ1) is 11.5. The summed E-state index contributed by atoms with van der Waals surface area (Å²) in [6.07, 6.45) is 2.78. The molecular weight excluding hydrogens is 232 g/mol. The fourth-order valence-electron chi connectivity index (χ4n) is 1.67. The lowest BCUT2D eigenvalue weighted by Gasteiger charge is -2.21. The highest BCUT2D eigenvalue weighted by Crippen LogP contribution is 2.21. The molecule has 9 heteroatoms. The topological polar surface area (TPSA) is 126 Å². The Hall–Kier alpha value is -1.97. The zero-order chi connectivity index (χ0) is 12.4. The first-order chi connectivity index (χ1) is 8.09. The van der Waals surface area contributed by atoms with Crippen molar-refractivity contribution in [2.75, 3.05) is 6.54 Å². The first-order valence-electron chi connectivity index (χ1n) is 4.78. The molecule has 0 aromatic rings. The predicted octanol–water partition coefficient (Wildman–Crippen LogP) is -1.50. The van der Waals surface area contributed by atoms with Gasteiger partial charge in [0.2, 0.25) is 0 Å². The van der Waals surface area contributed by atoms with E-state index in [0.29, 0.717) is 5.70 Å². The van der Waals surface area contributed by atoms with E-state index in [1.807, 2.05) is 0 Å². The summed E-state index contributed by atoms with van der Waals surface area (Å²) in [5.41, 5.74) is 5.48. The maximum Gasteiger partial charge on any atom is 0.322 e. The maximum atomic E-state index is 10.7. The fraction of sp³-hybridized carbons (Fsp3) is 0.375. The maximum absolute atomic E-state index is 10.7. The Morgan fingerprint density at radius 1 is 1.53 bits per heavy atom. The predicted molar refractivity (Wildman–Crippen MR) is 53.7 cm³/mol. The average molecular weight is 242 g/mol. The molecule has 2 atom stereocenters. The summed E-state index contributed by atoms with van der Waals surface area (Å²) >= 11 is 0. The summed E-state index contributed by atoms with van der Waals surface area (Å²) < 4.78 is 0. The van der Waals surface area contributed by atoms with E-state index in [1.165, 1.54) is 12.2 Å². The highest BCUT2D eigenvalue weighted by atomic mass is 16.8. The number of hydroxylamine groups is 2. The number of rotatable bonds is 4. The van der Waals surface area contributed by atoms with E-state index in [0.717, 1.165) is 0 Å². The molecule has 1 fully saturated rings. The average Bonchev–Trinajstić information content (AvgIpc) is 2.73. The number of hydrogen-bond donors (Lipinski definition) is 4. The number of carboxylic acid groups (broad SMARTS) is 1. The molecule has 1 heterocycles. The van der Waals surface area contributed by atoms with Gasteiger partial charge in [-0.3, -0.25) is 14.9 Å². The van der Waals surface area contributed by atoms with E-state index in [2.05, 4.69) is 16.3 Å². The molecule has 2 rings (SSSR count). The highest BCUT2D eigenvalue weighted by molar-refractivity contribution is 5.69. The van der Waals surface area contributed by atoms with Crippen LogP contribution in [0.1, 0.15) is 0 Å². The number of allylic oxidation sites excluding steroid dienone is 2. The number of nitrogens with one attached hydrogen (secondary N) is 3. The van der Waals surface area contributed by atoms with E-state index in [9.17, 15) is 14.9 Å². The third kappa shape index (κ3) is 2.25. The van der Waals surface area contributed by atoms with Gasteiger partial charge in [-0.1, -0.05) is 0 Å². The smallest absolute Gasteiger partial charge is 0.322 e. The minimum Gasteiger partial charge on any atom is -0.480 e. The van der Waals surface area contributed by atoms with Crippen molar-refractivity contribution in [1.29, 1.82) is 0 Å². The molecule has 0 bridgehead atoms. The minimum absolute atomic E-state index is 0.0409. The number of aliphatic carboxylic acids is 1. The Kier molecular flexibility index (Phi) is 3.04. The molecule has 2 aliphatic rings. The molecule has 0 aromatic carbocycles. The van der Waals surface area contributed by atoms with E-state index in [-0.39, 0.29) is 12.2 Å². The number of hydrogen-bond acceptors (Lipinski definition) is 7. The van der Waals surface area contributed by atoms with Crippen LogP contribution in [0.15, 0.2) is 23.5 Å². The van der Waals surface area contributed by atoms with Gasteiger partial charge in [-0.25, -0.2) is 4.94 Å². The summed E-state index contributed by atoms with van der Waals surface area (Å²) in [5.74, 6) is -1.02. The molecule has 2 unspecified atom stereocenters. The van der Waals surface area contributed by atoms with Crippen molar-refractivity contribution < 1.29 is 19.8 Å². The van der Waals surface area contributed by atoms with Crippen molar-refractivity contribution in [1.82, 2.24) is 16.3 Å². The van der Waals surface area contributed by atoms with Crippen LogP contribution in [0, 0.1) is 10.1 Å². The Morgan fingerprint density at radius 2 is 2.24 bits per heavy atom. The van der Waals surface area contributed by atoms with Crippen molar-refractivity contribution >= 4 is 5.97 Å². The lowest BCUT2D eigenvalue weighted by Crippen LogP contribution is -2.45. The number of carboxylic acids is 1. The molecule has 4 N–H and O–H groups in total. The van der Waals surface area contributed by atoms with E-state index in [1.54, 1.807) is 0 Å². The Labute approximate surface area is 95.2 Å². The third-order valence-electron chi connectivity index (χ3n) is 2.45. The van der Waals surface area contributed by atoms with Crippen LogP contribution in [-0.4, -0.2) is 34.6 Å². The van der Waals surface area contributed by atoms with Crippen molar-refractivity contribution in [3.63, 3.8) is 0 Å². The molecule has 17 heavy (non-hydrogen) atoms. The summed E-state index contributed by atoms with van der Waals surface area (Å²) in [4.78, 5) is 25.4. The quantitative estimate of drug-likeness (QED) is 0.346. The summed E-state index contributed by atoms with van der Waals surface area (Å²) in [6, 6.07) is -1.15. The Morgan fingerprint density at radius 3 is 2.88 bits per heavy atom. The SMILES string of the molecule is O=C(O)CNC1=CC=C([N+](=O)[O-])C2NONC12. The van der Waals surface area contributed by atoms with Crippen molar-refractivity contribution in [3.8, 4) is 0 Å². The van der Waals surface area contributed by atoms with Gasteiger partial charge in [-0.15, -0.1) is 0 Å². The van der Waals surface area contributed by atoms with Gasteiger partial charge in [-0.2, -0.15) is 11.0 Å². The molecular formula is C8H10N4O5. The van der Waals surface area contributed by atoms with E-state index >= 15 is 0 Å². The van der Waals surface area contributed by atoms with E-state index in [4.69, 9.17) is 10.0 Å². The summed E-state index contributed by atoms with van der Waals surface area (Å²) in [5, 5.41) is 21.9. The van der Waals surface area contributed by atoms with Gasteiger partial charge in [0, 0.05) is 11.8 Å². The van der Waals surface area contributed by atoms with Crippen molar-refractivity contribution in [3.05, 3.63) is 33.7 Å². The molecule has 0 aromatic heterocycles.